The molecule has 26 heavy (non-hydrogen) atoms. The van der Waals surface area contributed by atoms with Crippen molar-refractivity contribution < 1.29 is 19.3 Å². The van der Waals surface area contributed by atoms with Crippen LogP contribution in [0.1, 0.15) is 31.9 Å². The highest BCUT2D eigenvalue weighted by molar-refractivity contribution is 5.82. The summed E-state index contributed by atoms with van der Waals surface area (Å²) in [4.78, 5) is 13.3. The first-order chi connectivity index (χ1) is 12.8. The maximum Gasteiger partial charge on any atom is 0.167 e. The van der Waals surface area contributed by atoms with E-state index in [0.29, 0.717) is 17.2 Å². The molecule has 1 aliphatic carbocycles. The molecule has 4 atom stereocenters. The lowest BCUT2D eigenvalue weighted by atomic mass is 10.1. The average Bonchev–Trinajstić information content (AvgIpc) is 3.39. The van der Waals surface area contributed by atoms with E-state index >= 15 is 0 Å². The average molecular weight is 363 g/mol. The Morgan fingerprint density at radius 3 is 2.65 bits per heavy atom. The molecule has 9 nitrogen and oxygen atoms in total. The van der Waals surface area contributed by atoms with E-state index in [4.69, 9.17) is 14.2 Å². The second-order valence-electron chi connectivity index (χ2n) is 6.82. The van der Waals surface area contributed by atoms with Gasteiger partial charge < -0.3 is 24.6 Å². The number of aliphatic hydroxyl groups is 1. The van der Waals surface area contributed by atoms with Crippen molar-refractivity contribution in [1.82, 2.24) is 19.5 Å². The van der Waals surface area contributed by atoms with Gasteiger partial charge in [-0.1, -0.05) is 12.8 Å². The van der Waals surface area contributed by atoms with Gasteiger partial charge in [0.05, 0.1) is 12.9 Å². The summed E-state index contributed by atoms with van der Waals surface area (Å²) in [5, 5.41) is 13.1. The van der Waals surface area contributed by atoms with Crippen molar-refractivity contribution >= 4 is 17.0 Å². The van der Waals surface area contributed by atoms with E-state index in [1.165, 1.54) is 19.2 Å². The van der Waals surface area contributed by atoms with Crippen LogP contribution in [0.4, 0.5) is 5.82 Å². The van der Waals surface area contributed by atoms with Crippen LogP contribution in [0, 0.1) is 0 Å². The van der Waals surface area contributed by atoms with Gasteiger partial charge in [0.25, 0.3) is 0 Å². The molecule has 1 aliphatic heterocycles. The van der Waals surface area contributed by atoms with E-state index in [1.54, 1.807) is 20.5 Å². The minimum atomic E-state index is -0.485. The molecule has 0 bridgehead atoms. The lowest BCUT2D eigenvalue weighted by Gasteiger charge is -2.21. The summed E-state index contributed by atoms with van der Waals surface area (Å²) in [7, 11) is 3.19. The molecular formula is C17H25N5O4. The standard InChI is InChI=1S/C17H25N5O4/c1-24-13-11(7-23)26-17(14(13)25-2)22-9-20-12-15(18-8-19-16(12)22)21-10-5-3-4-6-10/h8-11,13-14,17,23H,3-7H2,1-2H3,(H,18,19,21)/t11-,13-,14?,17?/m1/s1. The van der Waals surface area contributed by atoms with Crippen molar-refractivity contribution in [3.05, 3.63) is 12.7 Å². The van der Waals surface area contributed by atoms with E-state index in [-0.39, 0.29) is 18.8 Å². The summed E-state index contributed by atoms with van der Waals surface area (Å²) in [6.07, 6.45) is 6.30. The van der Waals surface area contributed by atoms with Crippen molar-refractivity contribution in [3.8, 4) is 0 Å². The third kappa shape index (κ3) is 2.94. The number of hydrogen-bond donors (Lipinski definition) is 2. The Morgan fingerprint density at radius 2 is 1.96 bits per heavy atom. The van der Waals surface area contributed by atoms with Crippen LogP contribution in [0.15, 0.2) is 12.7 Å². The molecule has 2 aromatic rings. The predicted molar refractivity (Wildman–Crippen MR) is 93.8 cm³/mol. The van der Waals surface area contributed by atoms with Gasteiger partial charge in [-0.15, -0.1) is 0 Å². The molecule has 2 N–H and O–H groups in total. The number of ether oxygens (including phenoxy) is 3. The fourth-order valence-corrected chi connectivity index (χ4v) is 4.02. The SMILES string of the molecule is COC1C(n2cnc3c(NC4CCCC4)ncnc32)O[C@H](CO)[C@H]1OC. The highest BCUT2D eigenvalue weighted by atomic mass is 16.6. The van der Waals surface area contributed by atoms with E-state index < -0.39 is 12.3 Å². The van der Waals surface area contributed by atoms with Gasteiger partial charge in [-0.3, -0.25) is 4.57 Å². The number of anilines is 1. The van der Waals surface area contributed by atoms with Gasteiger partial charge in [0.15, 0.2) is 23.2 Å². The summed E-state index contributed by atoms with van der Waals surface area (Å²) in [6, 6.07) is 0.435. The molecule has 0 radical (unpaired) electrons. The molecular weight excluding hydrogens is 338 g/mol. The molecule has 0 aromatic carbocycles. The summed E-state index contributed by atoms with van der Waals surface area (Å²) in [5.41, 5.74) is 1.38. The van der Waals surface area contributed by atoms with Gasteiger partial charge >= 0.3 is 0 Å². The molecule has 2 unspecified atom stereocenters. The zero-order chi connectivity index (χ0) is 18.1. The number of fused-ring (bicyclic) bond motifs is 1. The molecule has 1 saturated heterocycles. The van der Waals surface area contributed by atoms with Crippen molar-refractivity contribution in [2.24, 2.45) is 0 Å². The number of methoxy groups -OCH3 is 2. The zero-order valence-corrected chi connectivity index (χ0v) is 15.0. The van der Waals surface area contributed by atoms with Crippen LogP contribution in [0.2, 0.25) is 0 Å². The predicted octanol–water partition coefficient (Wildman–Crippen LogP) is 1.10. The van der Waals surface area contributed by atoms with Crippen molar-refractivity contribution in [2.45, 2.75) is 56.3 Å². The van der Waals surface area contributed by atoms with Crippen LogP contribution >= 0.6 is 0 Å². The molecule has 1 saturated carbocycles. The quantitative estimate of drug-likeness (QED) is 0.786. The molecule has 2 aliphatic rings. The molecule has 2 aromatic heterocycles. The van der Waals surface area contributed by atoms with Crippen molar-refractivity contribution in [1.29, 1.82) is 0 Å². The van der Waals surface area contributed by atoms with Gasteiger partial charge in [0.2, 0.25) is 0 Å². The number of aromatic nitrogens is 4. The van der Waals surface area contributed by atoms with Crippen molar-refractivity contribution in [3.63, 3.8) is 0 Å². The van der Waals surface area contributed by atoms with E-state index in [0.717, 1.165) is 18.7 Å². The van der Waals surface area contributed by atoms with Gasteiger partial charge in [0, 0.05) is 20.3 Å². The normalized spacial score (nSPS) is 29.7. The van der Waals surface area contributed by atoms with Gasteiger partial charge in [-0.25, -0.2) is 15.0 Å². The van der Waals surface area contributed by atoms with Gasteiger partial charge in [-0.05, 0) is 12.8 Å². The van der Waals surface area contributed by atoms with Crippen LogP contribution in [0.3, 0.4) is 0 Å². The first-order valence-corrected chi connectivity index (χ1v) is 9.02. The van der Waals surface area contributed by atoms with E-state index in [2.05, 4.69) is 20.3 Å². The Bertz CT molecular complexity index is 748. The van der Waals surface area contributed by atoms with Crippen LogP contribution in [-0.4, -0.2) is 69.8 Å². The topological polar surface area (TPSA) is 104 Å². The number of nitrogens with zero attached hydrogens (tertiary/aromatic N) is 4. The number of aliphatic hydroxyl groups excluding tert-OH is 1. The Kier molecular flexibility index (Phi) is 5.03. The number of rotatable bonds is 6. The van der Waals surface area contributed by atoms with E-state index in [9.17, 15) is 5.11 Å². The summed E-state index contributed by atoms with van der Waals surface area (Å²) in [5.74, 6) is 0.745. The number of nitrogens with one attached hydrogen (secondary N) is 1. The second kappa shape index (κ2) is 7.43. The lowest BCUT2D eigenvalue weighted by molar-refractivity contribution is -0.0583. The molecule has 9 heteroatoms. The maximum absolute atomic E-state index is 9.59. The Balaban J connectivity index is 1.66. The third-order valence-corrected chi connectivity index (χ3v) is 5.34. The van der Waals surface area contributed by atoms with Gasteiger partial charge in [0.1, 0.15) is 24.6 Å². The lowest BCUT2D eigenvalue weighted by Crippen LogP contribution is -2.36. The first kappa shape index (κ1) is 17.6. The van der Waals surface area contributed by atoms with Crippen LogP contribution < -0.4 is 5.32 Å². The van der Waals surface area contributed by atoms with Crippen LogP contribution in [0.25, 0.3) is 11.2 Å². The zero-order valence-electron chi connectivity index (χ0n) is 15.0. The monoisotopic (exact) mass is 363 g/mol. The van der Waals surface area contributed by atoms with Crippen LogP contribution in [0.5, 0.6) is 0 Å². The van der Waals surface area contributed by atoms with Crippen molar-refractivity contribution in [2.75, 3.05) is 26.1 Å². The summed E-state index contributed by atoms with van der Waals surface area (Å²) >= 11 is 0. The molecule has 4 rings (SSSR count). The number of imidazole rings is 1. The summed E-state index contributed by atoms with van der Waals surface area (Å²) < 4.78 is 18.9. The first-order valence-electron chi connectivity index (χ1n) is 9.02. The maximum atomic E-state index is 9.59. The van der Waals surface area contributed by atoms with Crippen LogP contribution in [-0.2, 0) is 14.2 Å². The fraction of sp³-hybridized carbons (Fsp3) is 0.706. The molecule has 0 amide bonds. The van der Waals surface area contributed by atoms with E-state index in [1.807, 2.05) is 4.57 Å². The fourth-order valence-electron chi connectivity index (χ4n) is 4.02. The number of hydrogen-bond acceptors (Lipinski definition) is 8. The smallest absolute Gasteiger partial charge is 0.167 e. The Morgan fingerprint density at radius 1 is 1.19 bits per heavy atom. The second-order valence-corrected chi connectivity index (χ2v) is 6.82. The minimum absolute atomic E-state index is 0.148. The molecule has 142 valence electrons. The summed E-state index contributed by atoms with van der Waals surface area (Å²) in [6.45, 7) is -0.148. The third-order valence-electron chi connectivity index (χ3n) is 5.34. The van der Waals surface area contributed by atoms with Gasteiger partial charge in [-0.2, -0.15) is 0 Å². The minimum Gasteiger partial charge on any atom is -0.394 e. The molecule has 2 fully saturated rings. The Labute approximate surface area is 151 Å². The highest BCUT2D eigenvalue weighted by Crippen LogP contribution is 2.35. The largest absolute Gasteiger partial charge is 0.394 e. The molecule has 0 spiro atoms. The Hall–Kier alpha value is -1.81. The molecule has 3 heterocycles. The highest BCUT2D eigenvalue weighted by Gasteiger charge is 2.46.